The van der Waals surface area contributed by atoms with Crippen molar-refractivity contribution in [1.82, 2.24) is 0 Å². The number of nitrogen functional groups attached to an aromatic ring is 1. The van der Waals surface area contributed by atoms with Crippen LogP contribution in [0.1, 0.15) is 4.88 Å². The average molecular weight is 144 g/mol. The molecule has 1 heterocycles. The Balaban J connectivity index is 2.61. The predicted octanol–water partition coefficient (Wildman–Crippen LogP) is 0.721. The zero-order valence-electron chi connectivity index (χ0n) is 4.83. The van der Waals surface area contributed by atoms with Gasteiger partial charge in [-0.1, -0.05) is 0 Å². The molecule has 0 spiro atoms. The van der Waals surface area contributed by atoms with Crippen molar-refractivity contribution < 1.29 is 4.84 Å². The Morgan fingerprint density at radius 2 is 2.33 bits per heavy atom. The van der Waals surface area contributed by atoms with E-state index >= 15 is 0 Å². The fourth-order valence-corrected chi connectivity index (χ4v) is 1.26. The molecule has 4 N–H and O–H groups in total. The molecule has 1 aromatic heterocycles. The second kappa shape index (κ2) is 2.82. The fraction of sp³-hybridized carbons (Fsp3) is 0.200. The predicted molar refractivity (Wildman–Crippen MR) is 37.7 cm³/mol. The van der Waals surface area contributed by atoms with Gasteiger partial charge in [-0.3, -0.25) is 4.84 Å². The van der Waals surface area contributed by atoms with Crippen molar-refractivity contribution in [2.45, 2.75) is 6.61 Å². The van der Waals surface area contributed by atoms with E-state index in [2.05, 4.69) is 4.84 Å². The van der Waals surface area contributed by atoms with Gasteiger partial charge in [-0.25, -0.2) is 5.90 Å². The minimum atomic E-state index is 0.446. The van der Waals surface area contributed by atoms with E-state index in [4.69, 9.17) is 11.6 Å². The number of nitrogens with two attached hydrogens (primary N) is 2. The van der Waals surface area contributed by atoms with Gasteiger partial charge >= 0.3 is 0 Å². The van der Waals surface area contributed by atoms with E-state index in [1.807, 2.05) is 12.1 Å². The highest BCUT2D eigenvalue weighted by molar-refractivity contribution is 7.15. The Morgan fingerprint density at radius 1 is 1.56 bits per heavy atom. The monoisotopic (exact) mass is 144 g/mol. The van der Waals surface area contributed by atoms with Gasteiger partial charge in [-0.15, -0.1) is 11.3 Å². The molecule has 0 saturated heterocycles. The summed E-state index contributed by atoms with van der Waals surface area (Å²) in [5, 5.41) is 0.794. The lowest BCUT2D eigenvalue weighted by Gasteiger charge is -1.88. The quantitative estimate of drug-likeness (QED) is 0.601. The molecule has 0 fully saturated rings. The van der Waals surface area contributed by atoms with Crippen molar-refractivity contribution in [2.75, 3.05) is 5.73 Å². The zero-order valence-corrected chi connectivity index (χ0v) is 5.65. The lowest BCUT2D eigenvalue weighted by atomic mass is 10.5. The molecule has 0 atom stereocenters. The summed E-state index contributed by atoms with van der Waals surface area (Å²) in [7, 11) is 0. The number of hydrogen-bond donors (Lipinski definition) is 2. The first-order valence-electron chi connectivity index (χ1n) is 2.49. The molecule has 3 nitrogen and oxygen atoms in total. The van der Waals surface area contributed by atoms with E-state index in [0.717, 1.165) is 9.88 Å². The van der Waals surface area contributed by atoms with Gasteiger partial charge in [0.25, 0.3) is 0 Å². The Labute approximate surface area is 57.2 Å². The molecule has 0 radical (unpaired) electrons. The first-order valence-corrected chi connectivity index (χ1v) is 3.30. The minimum absolute atomic E-state index is 0.446. The summed E-state index contributed by atoms with van der Waals surface area (Å²) >= 11 is 1.49. The molecule has 50 valence electrons. The maximum atomic E-state index is 5.43. The van der Waals surface area contributed by atoms with Gasteiger partial charge < -0.3 is 5.73 Å². The van der Waals surface area contributed by atoms with E-state index in [1.54, 1.807) is 0 Å². The second-order valence-corrected chi connectivity index (χ2v) is 2.81. The third-order valence-corrected chi connectivity index (χ3v) is 1.80. The molecule has 0 aliphatic carbocycles. The summed E-state index contributed by atoms with van der Waals surface area (Å²) < 4.78 is 0. The van der Waals surface area contributed by atoms with E-state index in [0.29, 0.717) is 6.61 Å². The summed E-state index contributed by atoms with van der Waals surface area (Å²) in [6.07, 6.45) is 0. The van der Waals surface area contributed by atoms with Crippen LogP contribution in [-0.4, -0.2) is 0 Å². The highest BCUT2D eigenvalue weighted by Gasteiger charge is 1.93. The molecule has 0 aliphatic rings. The smallest absolute Gasteiger partial charge is 0.102 e. The lowest BCUT2D eigenvalue weighted by Crippen LogP contribution is -1.96. The topological polar surface area (TPSA) is 61.3 Å². The van der Waals surface area contributed by atoms with Crippen LogP contribution in [0.4, 0.5) is 5.00 Å². The van der Waals surface area contributed by atoms with E-state index in [1.165, 1.54) is 11.3 Å². The van der Waals surface area contributed by atoms with Crippen LogP contribution in [0.15, 0.2) is 12.1 Å². The average Bonchev–Trinajstić information content (AvgIpc) is 2.17. The van der Waals surface area contributed by atoms with Gasteiger partial charge in [0.05, 0.1) is 5.00 Å². The van der Waals surface area contributed by atoms with Crippen LogP contribution in [0, 0.1) is 0 Å². The molecule has 1 rings (SSSR count). The van der Waals surface area contributed by atoms with Crippen LogP contribution in [-0.2, 0) is 11.4 Å². The highest BCUT2D eigenvalue weighted by Crippen LogP contribution is 2.17. The molecule has 0 bridgehead atoms. The summed E-state index contributed by atoms with van der Waals surface area (Å²) in [6.45, 7) is 0.446. The highest BCUT2D eigenvalue weighted by atomic mass is 32.1. The summed E-state index contributed by atoms with van der Waals surface area (Å²) in [6, 6.07) is 3.73. The van der Waals surface area contributed by atoms with Gasteiger partial charge in [-0.2, -0.15) is 0 Å². The first kappa shape index (κ1) is 6.54. The van der Waals surface area contributed by atoms with Crippen LogP contribution in [0.5, 0.6) is 0 Å². The third kappa shape index (κ3) is 1.67. The standard InChI is InChI=1S/C5H8N2OS/c6-5-2-1-4(9-5)3-8-7/h1-2H,3,6-7H2. The number of rotatable bonds is 2. The van der Waals surface area contributed by atoms with Crippen molar-refractivity contribution in [3.05, 3.63) is 17.0 Å². The molecular formula is C5H8N2OS. The first-order chi connectivity index (χ1) is 4.33. The van der Waals surface area contributed by atoms with Gasteiger partial charge in [0, 0.05) is 4.88 Å². The van der Waals surface area contributed by atoms with Crippen LogP contribution in [0.25, 0.3) is 0 Å². The normalized spacial score (nSPS) is 9.89. The molecule has 0 unspecified atom stereocenters. The molecular weight excluding hydrogens is 136 g/mol. The van der Waals surface area contributed by atoms with Crippen molar-refractivity contribution in [1.29, 1.82) is 0 Å². The molecule has 0 aliphatic heterocycles. The summed E-state index contributed by atoms with van der Waals surface area (Å²) in [4.78, 5) is 5.45. The Morgan fingerprint density at radius 3 is 2.78 bits per heavy atom. The second-order valence-electron chi connectivity index (χ2n) is 1.62. The van der Waals surface area contributed by atoms with E-state index < -0.39 is 0 Å². The van der Waals surface area contributed by atoms with Crippen molar-refractivity contribution in [2.24, 2.45) is 5.90 Å². The third-order valence-electron chi connectivity index (χ3n) is 0.908. The Bertz CT molecular complexity index is 187. The van der Waals surface area contributed by atoms with Crippen molar-refractivity contribution in [3.8, 4) is 0 Å². The lowest BCUT2D eigenvalue weighted by molar-refractivity contribution is 0.126. The zero-order chi connectivity index (χ0) is 6.69. The molecule has 1 aromatic rings. The Hall–Kier alpha value is -0.580. The maximum absolute atomic E-state index is 5.43. The summed E-state index contributed by atoms with van der Waals surface area (Å²) in [5.74, 6) is 4.84. The van der Waals surface area contributed by atoms with Gasteiger partial charge in [-0.05, 0) is 12.1 Å². The van der Waals surface area contributed by atoms with Crippen molar-refractivity contribution >= 4 is 16.3 Å². The van der Waals surface area contributed by atoms with Crippen LogP contribution >= 0.6 is 11.3 Å². The van der Waals surface area contributed by atoms with Crippen LogP contribution in [0.3, 0.4) is 0 Å². The van der Waals surface area contributed by atoms with Gasteiger partial charge in [0.1, 0.15) is 6.61 Å². The largest absolute Gasteiger partial charge is 0.391 e. The van der Waals surface area contributed by atoms with Gasteiger partial charge in [0.15, 0.2) is 0 Å². The molecule has 0 amide bonds. The van der Waals surface area contributed by atoms with Crippen molar-refractivity contribution in [3.63, 3.8) is 0 Å². The minimum Gasteiger partial charge on any atom is -0.391 e. The SMILES string of the molecule is NOCc1ccc(N)s1. The number of hydrogen-bond acceptors (Lipinski definition) is 4. The van der Waals surface area contributed by atoms with E-state index in [-0.39, 0.29) is 0 Å². The van der Waals surface area contributed by atoms with Gasteiger partial charge in [0.2, 0.25) is 0 Å². The van der Waals surface area contributed by atoms with Crippen LogP contribution < -0.4 is 11.6 Å². The number of anilines is 1. The molecule has 9 heavy (non-hydrogen) atoms. The fourth-order valence-electron chi connectivity index (χ4n) is 0.554. The molecule has 0 aromatic carbocycles. The number of thiophene rings is 1. The molecule has 0 saturated carbocycles. The van der Waals surface area contributed by atoms with Crippen LogP contribution in [0.2, 0.25) is 0 Å². The Kier molecular flexibility index (Phi) is 2.05. The maximum Gasteiger partial charge on any atom is 0.102 e. The summed E-state index contributed by atoms with van der Waals surface area (Å²) in [5.41, 5.74) is 5.43. The van der Waals surface area contributed by atoms with E-state index in [9.17, 15) is 0 Å². The molecule has 4 heteroatoms.